The van der Waals surface area contributed by atoms with Gasteiger partial charge >= 0.3 is 5.97 Å². The second kappa shape index (κ2) is 16.7. The number of carboxylic acids is 1. The van der Waals surface area contributed by atoms with Gasteiger partial charge in [-0.05, 0) is 37.0 Å². The van der Waals surface area contributed by atoms with Gasteiger partial charge in [-0.15, -0.1) is 0 Å². The Morgan fingerprint density at radius 2 is 1.36 bits per heavy atom. The fourth-order valence-electron chi connectivity index (χ4n) is 3.55. The van der Waals surface area contributed by atoms with Crippen molar-refractivity contribution in [1.29, 1.82) is 0 Å². The fraction of sp³-hybridized carbons (Fsp3) is 0.792. The molecule has 0 aliphatic carbocycles. The van der Waals surface area contributed by atoms with E-state index in [9.17, 15) is 24.3 Å². The molecule has 0 saturated carbocycles. The van der Waals surface area contributed by atoms with Crippen molar-refractivity contribution < 1.29 is 24.3 Å². The molecule has 0 aliphatic heterocycles. The molecule has 208 valence electrons. The van der Waals surface area contributed by atoms with Crippen LogP contribution in [0.3, 0.4) is 0 Å². The maximum absolute atomic E-state index is 13.2. The summed E-state index contributed by atoms with van der Waals surface area (Å²) in [5.41, 5.74) is 16.7. The molecular weight excluding hydrogens is 466 g/mol. The fourth-order valence-corrected chi connectivity index (χ4v) is 3.55. The van der Waals surface area contributed by atoms with Crippen molar-refractivity contribution >= 4 is 29.7 Å². The van der Waals surface area contributed by atoms with Crippen LogP contribution in [0.25, 0.3) is 0 Å². The topological polar surface area (TPSA) is 215 Å². The van der Waals surface area contributed by atoms with Gasteiger partial charge in [0, 0.05) is 6.54 Å². The quantitative estimate of drug-likeness (QED) is 0.0798. The molecule has 0 fully saturated rings. The van der Waals surface area contributed by atoms with Crippen molar-refractivity contribution in [2.24, 2.45) is 39.9 Å². The molecule has 12 nitrogen and oxygen atoms in total. The van der Waals surface area contributed by atoms with Gasteiger partial charge in [0.15, 0.2) is 5.96 Å². The van der Waals surface area contributed by atoms with Crippen molar-refractivity contribution in [2.75, 3.05) is 6.54 Å². The number of rotatable bonds is 17. The molecule has 6 atom stereocenters. The number of hydrogen-bond acceptors (Lipinski definition) is 6. The maximum atomic E-state index is 13.2. The molecular formula is C24H47N7O5. The summed E-state index contributed by atoms with van der Waals surface area (Å²) in [5, 5.41) is 17.5. The molecule has 0 aromatic rings. The van der Waals surface area contributed by atoms with Gasteiger partial charge < -0.3 is 38.3 Å². The van der Waals surface area contributed by atoms with Crippen molar-refractivity contribution in [1.82, 2.24) is 16.0 Å². The molecule has 6 unspecified atom stereocenters. The van der Waals surface area contributed by atoms with Gasteiger partial charge in [0.2, 0.25) is 17.7 Å². The van der Waals surface area contributed by atoms with Gasteiger partial charge in [-0.1, -0.05) is 54.4 Å². The molecule has 3 amide bonds. The summed E-state index contributed by atoms with van der Waals surface area (Å²) in [4.78, 5) is 54.6. The third-order valence-corrected chi connectivity index (χ3v) is 6.21. The van der Waals surface area contributed by atoms with Gasteiger partial charge in [-0.2, -0.15) is 0 Å². The highest BCUT2D eigenvalue weighted by molar-refractivity contribution is 5.94. The SMILES string of the molecule is CCC(C)C(NC(=O)C(NC(=O)C(CCCN=C(N)N)NC(=O)C(N)CC(C)C)C(C)CC)C(=O)O. The van der Waals surface area contributed by atoms with E-state index in [2.05, 4.69) is 20.9 Å². The third-order valence-electron chi connectivity index (χ3n) is 6.21. The third kappa shape index (κ3) is 12.2. The number of guanidine groups is 1. The first-order valence-electron chi connectivity index (χ1n) is 12.7. The smallest absolute Gasteiger partial charge is 0.326 e. The number of hydrogen-bond donors (Lipinski definition) is 7. The highest BCUT2D eigenvalue weighted by Gasteiger charge is 2.34. The lowest BCUT2D eigenvalue weighted by molar-refractivity contribution is -0.144. The maximum Gasteiger partial charge on any atom is 0.326 e. The van der Waals surface area contributed by atoms with Crippen LogP contribution in [0.5, 0.6) is 0 Å². The van der Waals surface area contributed by atoms with Crippen LogP contribution < -0.4 is 33.2 Å². The Morgan fingerprint density at radius 3 is 1.83 bits per heavy atom. The van der Waals surface area contributed by atoms with Gasteiger partial charge in [0.25, 0.3) is 0 Å². The van der Waals surface area contributed by atoms with Gasteiger partial charge in [0.1, 0.15) is 18.1 Å². The van der Waals surface area contributed by atoms with E-state index in [0.717, 1.165) is 0 Å². The van der Waals surface area contributed by atoms with E-state index in [4.69, 9.17) is 17.2 Å². The van der Waals surface area contributed by atoms with Crippen LogP contribution >= 0.6 is 0 Å². The van der Waals surface area contributed by atoms with Gasteiger partial charge in [-0.25, -0.2) is 4.79 Å². The number of nitrogens with zero attached hydrogens (tertiary/aromatic N) is 1. The molecule has 0 radical (unpaired) electrons. The Hall–Kier alpha value is -2.89. The van der Waals surface area contributed by atoms with Crippen LogP contribution in [-0.2, 0) is 19.2 Å². The minimum absolute atomic E-state index is 0.0817. The average Bonchev–Trinajstić information content (AvgIpc) is 2.80. The first-order valence-corrected chi connectivity index (χ1v) is 12.7. The zero-order chi connectivity index (χ0) is 28.0. The summed E-state index contributed by atoms with van der Waals surface area (Å²) in [5.74, 6) is -3.26. The number of amides is 3. The Bertz CT molecular complexity index is 755. The summed E-state index contributed by atoms with van der Waals surface area (Å²) >= 11 is 0. The lowest BCUT2D eigenvalue weighted by Crippen LogP contribution is -2.59. The number of aliphatic imine (C=N–C) groups is 1. The first kappa shape index (κ1) is 33.1. The van der Waals surface area contributed by atoms with E-state index in [1.165, 1.54) is 0 Å². The molecule has 0 aromatic carbocycles. The summed E-state index contributed by atoms with van der Waals surface area (Å²) in [6, 6.07) is -3.85. The van der Waals surface area contributed by atoms with Crippen molar-refractivity contribution in [2.45, 2.75) is 97.8 Å². The summed E-state index contributed by atoms with van der Waals surface area (Å²) in [6.45, 7) is 11.3. The van der Waals surface area contributed by atoms with Crippen molar-refractivity contribution in [3.05, 3.63) is 0 Å². The number of carboxylic acid groups (broad SMARTS) is 1. The van der Waals surface area contributed by atoms with Crippen molar-refractivity contribution in [3.63, 3.8) is 0 Å². The Morgan fingerprint density at radius 1 is 0.833 bits per heavy atom. The number of carbonyl (C=O) groups is 4. The molecule has 0 rings (SSSR count). The Labute approximate surface area is 214 Å². The van der Waals surface area contributed by atoms with E-state index in [0.29, 0.717) is 25.7 Å². The second-order valence-corrected chi connectivity index (χ2v) is 9.83. The van der Waals surface area contributed by atoms with Crippen LogP contribution in [-0.4, -0.2) is 65.5 Å². The van der Waals surface area contributed by atoms with Crippen LogP contribution in [0.15, 0.2) is 4.99 Å². The predicted molar refractivity (Wildman–Crippen MR) is 140 cm³/mol. The Kier molecular flexibility index (Phi) is 15.4. The van der Waals surface area contributed by atoms with E-state index >= 15 is 0 Å². The highest BCUT2D eigenvalue weighted by Crippen LogP contribution is 2.13. The van der Waals surface area contributed by atoms with E-state index in [-0.39, 0.29) is 36.7 Å². The van der Waals surface area contributed by atoms with E-state index in [1.807, 2.05) is 27.7 Å². The van der Waals surface area contributed by atoms with Crippen LogP contribution in [0.4, 0.5) is 0 Å². The zero-order valence-corrected chi connectivity index (χ0v) is 22.5. The Balaban J connectivity index is 5.70. The predicted octanol–water partition coefficient (Wildman–Crippen LogP) is 0.0446. The number of nitrogens with one attached hydrogen (secondary N) is 3. The molecule has 0 saturated heterocycles. The lowest BCUT2D eigenvalue weighted by atomic mass is 9.95. The number of aliphatic carboxylic acids is 1. The molecule has 10 N–H and O–H groups in total. The molecule has 12 heteroatoms. The molecule has 0 aromatic heterocycles. The summed E-state index contributed by atoms with van der Waals surface area (Å²) in [7, 11) is 0. The van der Waals surface area contributed by atoms with Crippen LogP contribution in [0, 0.1) is 17.8 Å². The van der Waals surface area contributed by atoms with E-state index in [1.54, 1.807) is 13.8 Å². The zero-order valence-electron chi connectivity index (χ0n) is 22.5. The molecule has 0 heterocycles. The average molecular weight is 514 g/mol. The van der Waals surface area contributed by atoms with Crippen molar-refractivity contribution in [3.8, 4) is 0 Å². The first-order chi connectivity index (χ1) is 16.7. The van der Waals surface area contributed by atoms with Gasteiger partial charge in [0.05, 0.1) is 6.04 Å². The second-order valence-electron chi connectivity index (χ2n) is 9.83. The van der Waals surface area contributed by atoms with Crippen LogP contribution in [0.1, 0.15) is 73.6 Å². The molecule has 36 heavy (non-hydrogen) atoms. The minimum Gasteiger partial charge on any atom is -0.480 e. The summed E-state index contributed by atoms with van der Waals surface area (Å²) < 4.78 is 0. The van der Waals surface area contributed by atoms with Gasteiger partial charge in [-0.3, -0.25) is 19.4 Å². The van der Waals surface area contributed by atoms with Crippen LogP contribution in [0.2, 0.25) is 0 Å². The molecule has 0 spiro atoms. The normalized spacial score (nSPS) is 16.1. The lowest BCUT2D eigenvalue weighted by Gasteiger charge is -2.29. The minimum atomic E-state index is -1.14. The molecule has 0 aliphatic rings. The monoisotopic (exact) mass is 513 g/mol. The number of carbonyl (C=O) groups excluding carboxylic acids is 3. The van der Waals surface area contributed by atoms with E-state index < -0.39 is 47.9 Å². The largest absolute Gasteiger partial charge is 0.480 e. The number of nitrogens with two attached hydrogens (primary N) is 3. The highest BCUT2D eigenvalue weighted by atomic mass is 16.4. The summed E-state index contributed by atoms with van der Waals surface area (Å²) in [6.07, 6.45) is 2.16. The molecule has 0 bridgehead atoms. The standard InChI is InChI=1S/C24H47N7O5/c1-7-14(5)18(22(34)31-19(23(35)36)15(6)8-2)30-21(33)17(10-9-11-28-24(26)27)29-20(32)16(25)12-13(3)4/h13-19H,7-12,25H2,1-6H3,(H,29,32)(H,30,33)(H,31,34)(H,35,36)(H4,26,27,28).